The van der Waals surface area contributed by atoms with Gasteiger partial charge in [-0.25, -0.2) is 0 Å². The smallest absolute Gasteiger partial charge is 0.255 e. The van der Waals surface area contributed by atoms with E-state index in [1.54, 1.807) is 24.5 Å². The van der Waals surface area contributed by atoms with Gasteiger partial charge in [-0.05, 0) is 176 Å². The molecule has 25 heteroatoms. The Morgan fingerprint density at radius 2 is 0.812 bits per heavy atom. The lowest BCUT2D eigenvalue weighted by Crippen LogP contribution is -2.44. The van der Waals surface area contributed by atoms with Crippen molar-refractivity contribution >= 4 is 81.8 Å². The molecule has 4 aromatic carbocycles. The van der Waals surface area contributed by atoms with Crippen molar-refractivity contribution in [3.05, 3.63) is 95.1 Å². The SMILES string of the molecule is COc1ccc(NC(=O)C(N)CCCCN)cc1C(=O)NC(CCCCN)C(=O)Nc1ccc(SC)c(C(=O)NC(CCCCN)C(=O)Nc2ccc(OC)c(C(=O)NC(CCCCN)C(=O)Nc3ccc(O)c(C(N)=O)c3)c2)c1. The first-order valence-corrected chi connectivity index (χ1v) is 27.5. The standard InChI is InChI=1S/C55H77N13O11S/c1-78-45-21-17-33(62-52(74)40(60)12-4-8-24-56)29-37(45)49(71)67-42(14-6-10-26-58)54(76)65-35-19-23-47(80-3)39(31-35)51(73)68-43(15-7-11-27-59)55(77)64-34-18-22-46(79-2)38(30-34)50(72)66-41(13-5-9-25-57)53(75)63-32-16-20-44(69)36(28-32)48(61)70/h16-23,28-31,40-43,69H,4-15,24-27,56-60H2,1-3H3,(H2,61,70)(H,62,74)(H,63,75)(H,64,77)(H,65,76)(H,66,72)(H,67,71)(H,68,73). The van der Waals surface area contributed by atoms with E-state index in [1.165, 1.54) is 80.6 Å². The zero-order valence-corrected chi connectivity index (χ0v) is 46.3. The van der Waals surface area contributed by atoms with Crippen LogP contribution in [0.1, 0.15) is 118 Å². The summed E-state index contributed by atoms with van der Waals surface area (Å²) in [5, 5.41) is 29.4. The predicted octanol–water partition coefficient (Wildman–Crippen LogP) is 3.22. The van der Waals surface area contributed by atoms with E-state index in [0.717, 1.165) is 0 Å². The third kappa shape index (κ3) is 19.8. The molecular formula is C55H77N13O11S. The first-order valence-electron chi connectivity index (χ1n) is 26.3. The van der Waals surface area contributed by atoms with Crippen LogP contribution in [-0.2, 0) is 19.2 Å². The van der Waals surface area contributed by atoms with Crippen LogP contribution in [0.3, 0.4) is 0 Å². The first-order chi connectivity index (χ1) is 38.4. The van der Waals surface area contributed by atoms with Crippen molar-refractivity contribution in [3.8, 4) is 17.2 Å². The molecule has 0 bridgehead atoms. The van der Waals surface area contributed by atoms with Crippen molar-refractivity contribution in [3.63, 3.8) is 0 Å². The fourth-order valence-electron chi connectivity index (χ4n) is 8.26. The average Bonchev–Trinajstić information content (AvgIpc) is 3.45. The number of benzene rings is 4. The number of hydrogen-bond acceptors (Lipinski definition) is 17. The van der Waals surface area contributed by atoms with Crippen LogP contribution in [0, 0.1) is 0 Å². The Labute approximate surface area is 469 Å². The molecule has 4 unspecified atom stereocenters. The van der Waals surface area contributed by atoms with E-state index < -0.39 is 71.4 Å². The summed E-state index contributed by atoms with van der Waals surface area (Å²) in [5.74, 6) is -5.35. The summed E-state index contributed by atoms with van der Waals surface area (Å²) in [6.45, 7) is 1.48. The lowest BCUT2D eigenvalue weighted by atomic mass is 10.1. The highest BCUT2D eigenvalue weighted by molar-refractivity contribution is 7.98. The Hall–Kier alpha value is -7.81. The third-order valence-corrected chi connectivity index (χ3v) is 13.5. The fraction of sp³-hybridized carbons (Fsp3) is 0.418. The van der Waals surface area contributed by atoms with Gasteiger partial charge >= 0.3 is 0 Å². The molecule has 0 saturated heterocycles. The minimum atomic E-state index is -1.13. The minimum absolute atomic E-state index is 0.0404. The van der Waals surface area contributed by atoms with Crippen LogP contribution in [0.2, 0.25) is 0 Å². The molecule has 0 aliphatic carbocycles. The quantitative estimate of drug-likeness (QED) is 0.0181. The Morgan fingerprint density at radius 1 is 0.475 bits per heavy atom. The zero-order valence-electron chi connectivity index (χ0n) is 45.5. The number of rotatable bonds is 34. The van der Waals surface area contributed by atoms with Gasteiger partial charge in [-0.1, -0.05) is 6.42 Å². The number of ether oxygens (including phenoxy) is 2. The summed E-state index contributed by atoms with van der Waals surface area (Å²) in [7, 11) is 2.73. The Bertz CT molecular complexity index is 2780. The van der Waals surface area contributed by atoms with Gasteiger partial charge in [-0.3, -0.25) is 38.4 Å². The predicted molar refractivity (Wildman–Crippen MR) is 309 cm³/mol. The van der Waals surface area contributed by atoms with E-state index >= 15 is 0 Å². The van der Waals surface area contributed by atoms with E-state index in [9.17, 15) is 43.5 Å². The second-order valence-electron chi connectivity index (χ2n) is 18.6. The Balaban J connectivity index is 1.55. The second kappa shape index (κ2) is 33.6. The molecule has 8 amide bonds. The van der Waals surface area contributed by atoms with Crippen LogP contribution in [0.4, 0.5) is 22.7 Å². The number of anilines is 4. The molecular weight excluding hydrogens is 1050 g/mol. The van der Waals surface area contributed by atoms with Crippen molar-refractivity contribution in [1.82, 2.24) is 16.0 Å². The molecule has 4 atom stereocenters. The van der Waals surface area contributed by atoms with Gasteiger partial charge < -0.3 is 86.2 Å². The largest absolute Gasteiger partial charge is 0.507 e. The molecule has 80 heavy (non-hydrogen) atoms. The number of carbonyl (C=O) groups is 8. The number of nitrogens with two attached hydrogens (primary N) is 6. The number of aromatic hydroxyl groups is 1. The van der Waals surface area contributed by atoms with Crippen molar-refractivity contribution in [2.75, 3.05) is 67.9 Å². The van der Waals surface area contributed by atoms with Crippen molar-refractivity contribution < 1.29 is 52.9 Å². The lowest BCUT2D eigenvalue weighted by Gasteiger charge is -2.22. The number of carbonyl (C=O) groups excluding carboxylic acids is 8. The van der Waals surface area contributed by atoms with Gasteiger partial charge in [0.1, 0.15) is 35.4 Å². The maximum Gasteiger partial charge on any atom is 0.255 e. The molecule has 24 nitrogen and oxygen atoms in total. The molecule has 434 valence electrons. The fourth-order valence-corrected chi connectivity index (χ4v) is 8.83. The van der Waals surface area contributed by atoms with Crippen LogP contribution < -0.4 is 81.1 Å². The molecule has 0 fully saturated rings. The highest BCUT2D eigenvalue weighted by Crippen LogP contribution is 2.28. The van der Waals surface area contributed by atoms with Crippen LogP contribution in [0.5, 0.6) is 17.2 Å². The molecule has 0 radical (unpaired) electrons. The summed E-state index contributed by atoms with van der Waals surface area (Å²) in [6, 6.07) is 13.2. The molecule has 0 aliphatic heterocycles. The molecule has 4 aromatic rings. The van der Waals surface area contributed by atoms with E-state index in [-0.39, 0.29) is 81.5 Å². The monoisotopic (exact) mass is 1130 g/mol. The lowest BCUT2D eigenvalue weighted by molar-refractivity contribution is -0.118. The van der Waals surface area contributed by atoms with Crippen molar-refractivity contribution in [2.45, 2.75) is 106 Å². The highest BCUT2D eigenvalue weighted by Gasteiger charge is 2.28. The molecule has 0 heterocycles. The van der Waals surface area contributed by atoms with Crippen LogP contribution in [0.25, 0.3) is 0 Å². The summed E-state index contributed by atoms with van der Waals surface area (Å²) in [6.07, 6.45) is 7.11. The third-order valence-electron chi connectivity index (χ3n) is 12.7. The topological polar surface area (TPSA) is 416 Å². The van der Waals surface area contributed by atoms with Gasteiger partial charge in [-0.2, -0.15) is 0 Å². The average molecular weight is 1130 g/mol. The maximum absolute atomic E-state index is 14.3. The minimum Gasteiger partial charge on any atom is -0.507 e. The van der Waals surface area contributed by atoms with Gasteiger partial charge in [0.05, 0.1) is 42.5 Å². The Kier molecular flexibility index (Phi) is 27.2. The van der Waals surface area contributed by atoms with E-state index in [2.05, 4.69) is 37.2 Å². The number of hydrogen-bond donors (Lipinski definition) is 14. The molecule has 0 aliphatic rings. The number of primary amides is 1. The summed E-state index contributed by atoms with van der Waals surface area (Å²) >= 11 is 1.26. The normalized spacial score (nSPS) is 12.4. The maximum atomic E-state index is 14.3. The Morgan fingerprint density at radius 3 is 1.19 bits per heavy atom. The van der Waals surface area contributed by atoms with Crippen LogP contribution >= 0.6 is 11.8 Å². The van der Waals surface area contributed by atoms with Gasteiger partial charge in [0.15, 0.2) is 0 Å². The number of unbranched alkanes of at least 4 members (excludes halogenated alkanes) is 4. The number of phenols is 1. The van der Waals surface area contributed by atoms with Crippen molar-refractivity contribution in [1.29, 1.82) is 0 Å². The van der Waals surface area contributed by atoms with Crippen molar-refractivity contribution in [2.24, 2.45) is 34.4 Å². The second-order valence-corrected chi connectivity index (χ2v) is 19.5. The van der Waals surface area contributed by atoms with E-state index in [4.69, 9.17) is 43.9 Å². The highest BCUT2D eigenvalue weighted by atomic mass is 32.2. The van der Waals surface area contributed by atoms with E-state index in [1.807, 2.05) is 0 Å². The van der Waals surface area contributed by atoms with Gasteiger partial charge in [0.2, 0.25) is 23.6 Å². The van der Waals surface area contributed by atoms with Crippen LogP contribution in [0.15, 0.2) is 77.7 Å². The number of thioether (sulfide) groups is 1. The molecule has 0 spiro atoms. The molecule has 0 aromatic heterocycles. The molecule has 0 saturated carbocycles. The summed E-state index contributed by atoms with van der Waals surface area (Å²) in [5.41, 5.74) is 35.0. The molecule has 4 rings (SSSR count). The van der Waals surface area contributed by atoms with Gasteiger partial charge in [0, 0.05) is 27.6 Å². The number of methoxy groups -OCH3 is 2. The van der Waals surface area contributed by atoms with Gasteiger partial charge in [-0.15, -0.1) is 11.8 Å². The summed E-state index contributed by atoms with van der Waals surface area (Å²) in [4.78, 5) is 109. The van der Waals surface area contributed by atoms with E-state index in [0.29, 0.717) is 88.9 Å². The number of amides is 8. The summed E-state index contributed by atoms with van der Waals surface area (Å²) < 4.78 is 11.0. The zero-order chi connectivity index (χ0) is 58.7. The number of nitrogens with one attached hydrogen (secondary N) is 7. The molecule has 20 N–H and O–H groups in total. The van der Waals surface area contributed by atoms with Crippen LogP contribution in [-0.4, -0.2) is 123 Å². The first kappa shape index (κ1) is 64.7. The van der Waals surface area contributed by atoms with Gasteiger partial charge in [0.25, 0.3) is 23.6 Å².